The van der Waals surface area contributed by atoms with E-state index >= 15 is 0 Å². The van der Waals surface area contributed by atoms with Gasteiger partial charge in [-0.1, -0.05) is 12.1 Å². The van der Waals surface area contributed by atoms with Gasteiger partial charge in [-0.15, -0.1) is 0 Å². The van der Waals surface area contributed by atoms with E-state index in [0.717, 1.165) is 0 Å². The molecule has 0 aromatic heterocycles. The molecule has 22 heavy (non-hydrogen) atoms. The molecule has 1 aliphatic rings. The van der Waals surface area contributed by atoms with E-state index in [2.05, 4.69) is 0 Å². The van der Waals surface area contributed by atoms with Gasteiger partial charge in [-0.05, 0) is 46.3 Å². The molecule has 0 unspecified atom stereocenters. The van der Waals surface area contributed by atoms with Gasteiger partial charge in [0.1, 0.15) is 11.6 Å². The molecule has 0 amide bonds. The standard InChI is InChI=1S/C14H12B2F2O4/c17-11-1-3-13-9(5-11)7-22-16(20)14-4-2-12(18)6-10(14)8-21-15(13)19/h1-6,19-20H,7-8H2. The molecule has 0 atom stereocenters. The highest BCUT2D eigenvalue weighted by molar-refractivity contribution is 6.61. The summed E-state index contributed by atoms with van der Waals surface area (Å²) >= 11 is 0. The second-order valence-corrected chi connectivity index (χ2v) is 5.01. The topological polar surface area (TPSA) is 58.9 Å². The Kier molecular flexibility index (Phi) is 4.26. The first-order chi connectivity index (χ1) is 10.5. The average Bonchev–Trinajstić information content (AvgIpc) is 2.50. The molecule has 0 fully saturated rings. The van der Waals surface area contributed by atoms with Crippen molar-refractivity contribution in [2.24, 2.45) is 0 Å². The van der Waals surface area contributed by atoms with Crippen molar-refractivity contribution >= 4 is 25.2 Å². The summed E-state index contributed by atoms with van der Waals surface area (Å²) in [6.45, 7) is -0.239. The lowest BCUT2D eigenvalue weighted by molar-refractivity contribution is 0.244. The Morgan fingerprint density at radius 2 is 1.18 bits per heavy atom. The normalized spacial score (nSPS) is 15.3. The van der Waals surface area contributed by atoms with E-state index in [1.54, 1.807) is 0 Å². The lowest BCUT2D eigenvalue weighted by Crippen LogP contribution is -2.42. The molecule has 2 aromatic rings. The smallest absolute Gasteiger partial charge is 0.423 e. The highest BCUT2D eigenvalue weighted by atomic mass is 19.1. The summed E-state index contributed by atoms with van der Waals surface area (Å²) in [4.78, 5) is 0. The van der Waals surface area contributed by atoms with Gasteiger partial charge in [0, 0.05) is 0 Å². The molecule has 4 nitrogen and oxygen atoms in total. The monoisotopic (exact) mass is 304 g/mol. The van der Waals surface area contributed by atoms with Crippen molar-refractivity contribution in [1.82, 2.24) is 0 Å². The lowest BCUT2D eigenvalue weighted by atomic mass is 9.73. The lowest BCUT2D eigenvalue weighted by Gasteiger charge is -2.19. The van der Waals surface area contributed by atoms with Crippen molar-refractivity contribution in [3.05, 3.63) is 59.2 Å². The van der Waals surface area contributed by atoms with Crippen LogP contribution in [0.15, 0.2) is 36.4 Å². The maximum atomic E-state index is 13.3. The number of rotatable bonds is 0. The zero-order chi connectivity index (χ0) is 15.7. The Labute approximate surface area is 126 Å². The maximum Gasteiger partial charge on any atom is 0.491 e. The van der Waals surface area contributed by atoms with E-state index in [-0.39, 0.29) is 13.2 Å². The van der Waals surface area contributed by atoms with Crippen LogP contribution in [0.2, 0.25) is 0 Å². The van der Waals surface area contributed by atoms with Crippen LogP contribution in [-0.4, -0.2) is 24.3 Å². The van der Waals surface area contributed by atoms with Crippen LogP contribution >= 0.6 is 0 Å². The second kappa shape index (κ2) is 6.18. The molecule has 0 aliphatic carbocycles. The highest BCUT2D eigenvalue weighted by Crippen LogP contribution is 2.11. The third-order valence-corrected chi connectivity index (χ3v) is 3.54. The fraction of sp³-hybridized carbons (Fsp3) is 0.143. The fourth-order valence-electron chi connectivity index (χ4n) is 2.40. The Bertz CT molecular complexity index is 639. The Morgan fingerprint density at radius 1 is 0.773 bits per heavy atom. The predicted molar refractivity (Wildman–Crippen MR) is 77.6 cm³/mol. The van der Waals surface area contributed by atoms with Gasteiger partial charge in [-0.3, -0.25) is 0 Å². The molecule has 0 radical (unpaired) electrons. The van der Waals surface area contributed by atoms with Crippen molar-refractivity contribution in [3.8, 4) is 0 Å². The molecule has 112 valence electrons. The van der Waals surface area contributed by atoms with Gasteiger partial charge >= 0.3 is 14.2 Å². The summed E-state index contributed by atoms with van der Waals surface area (Å²) in [6.07, 6.45) is 0. The van der Waals surface area contributed by atoms with Crippen LogP contribution in [0.1, 0.15) is 11.1 Å². The predicted octanol–water partition coefficient (Wildman–Crippen LogP) is 0.0868. The van der Waals surface area contributed by atoms with Gasteiger partial charge in [0.05, 0.1) is 13.2 Å². The van der Waals surface area contributed by atoms with Crippen molar-refractivity contribution in [2.45, 2.75) is 13.2 Å². The van der Waals surface area contributed by atoms with Gasteiger partial charge in [-0.2, -0.15) is 0 Å². The van der Waals surface area contributed by atoms with Crippen molar-refractivity contribution in [2.75, 3.05) is 0 Å². The van der Waals surface area contributed by atoms with Crippen LogP contribution in [0.5, 0.6) is 0 Å². The van der Waals surface area contributed by atoms with Crippen LogP contribution in [0.3, 0.4) is 0 Å². The van der Waals surface area contributed by atoms with Crippen LogP contribution in [-0.2, 0) is 22.5 Å². The largest absolute Gasteiger partial charge is 0.491 e. The van der Waals surface area contributed by atoms with Gasteiger partial charge < -0.3 is 19.4 Å². The van der Waals surface area contributed by atoms with Crippen LogP contribution in [0.4, 0.5) is 8.78 Å². The van der Waals surface area contributed by atoms with Gasteiger partial charge in [0.25, 0.3) is 0 Å². The van der Waals surface area contributed by atoms with E-state index in [9.17, 15) is 18.8 Å². The molecule has 0 bridgehead atoms. The molecule has 0 spiro atoms. The first-order valence-electron chi connectivity index (χ1n) is 6.70. The van der Waals surface area contributed by atoms with E-state index in [4.69, 9.17) is 9.31 Å². The maximum absolute atomic E-state index is 13.3. The van der Waals surface area contributed by atoms with E-state index in [1.807, 2.05) is 0 Å². The minimum absolute atomic E-state index is 0.120. The van der Waals surface area contributed by atoms with Crippen LogP contribution in [0, 0.1) is 11.6 Å². The molecule has 1 heterocycles. The van der Waals surface area contributed by atoms with Gasteiger partial charge in [-0.25, -0.2) is 8.78 Å². The SMILES string of the molecule is OB1OCc2cc(F)ccc2B(O)OCc2cc(F)ccc21. The number of halogens is 2. The highest BCUT2D eigenvalue weighted by Gasteiger charge is 2.27. The molecule has 1 aliphatic heterocycles. The van der Waals surface area contributed by atoms with Crippen molar-refractivity contribution in [3.63, 3.8) is 0 Å². The number of hydrogen-bond donors (Lipinski definition) is 2. The Morgan fingerprint density at radius 3 is 1.59 bits per heavy atom. The molecule has 8 heteroatoms. The summed E-state index contributed by atoms with van der Waals surface area (Å²) in [6, 6.07) is 7.59. The summed E-state index contributed by atoms with van der Waals surface area (Å²) in [7, 11) is -2.60. The molecule has 2 aromatic carbocycles. The summed E-state index contributed by atoms with van der Waals surface area (Å²) in [5, 5.41) is 20.2. The summed E-state index contributed by atoms with van der Waals surface area (Å²) < 4.78 is 37.3. The fourth-order valence-corrected chi connectivity index (χ4v) is 2.40. The molecular weight excluding hydrogens is 292 g/mol. The molecule has 2 N–H and O–H groups in total. The third kappa shape index (κ3) is 3.05. The summed E-state index contributed by atoms with van der Waals surface area (Å²) in [5.41, 5.74) is 1.43. The molecular formula is C14H12B2F2O4. The minimum Gasteiger partial charge on any atom is -0.423 e. The Balaban J connectivity index is 1.98. The number of hydrogen-bond acceptors (Lipinski definition) is 4. The second-order valence-electron chi connectivity index (χ2n) is 5.01. The van der Waals surface area contributed by atoms with Crippen LogP contribution in [0.25, 0.3) is 0 Å². The Hall–Kier alpha value is -1.73. The zero-order valence-electron chi connectivity index (χ0n) is 11.5. The molecule has 0 saturated carbocycles. The average molecular weight is 304 g/mol. The minimum atomic E-state index is -1.30. The van der Waals surface area contributed by atoms with Crippen molar-refractivity contribution in [1.29, 1.82) is 0 Å². The zero-order valence-corrected chi connectivity index (χ0v) is 11.5. The number of benzene rings is 2. The third-order valence-electron chi connectivity index (χ3n) is 3.54. The molecule has 3 rings (SSSR count). The van der Waals surface area contributed by atoms with Crippen molar-refractivity contribution < 1.29 is 28.1 Å². The molecule has 0 saturated heterocycles. The summed E-state index contributed by atoms with van der Waals surface area (Å²) in [5.74, 6) is -0.966. The van der Waals surface area contributed by atoms with E-state index in [0.29, 0.717) is 22.1 Å². The van der Waals surface area contributed by atoms with Gasteiger partial charge in [0.2, 0.25) is 0 Å². The van der Waals surface area contributed by atoms with E-state index in [1.165, 1.54) is 36.4 Å². The first kappa shape index (κ1) is 15.2. The first-order valence-corrected chi connectivity index (χ1v) is 6.70. The van der Waals surface area contributed by atoms with E-state index < -0.39 is 25.9 Å². The van der Waals surface area contributed by atoms with Crippen LogP contribution < -0.4 is 10.9 Å². The number of fused-ring (bicyclic) bond motifs is 2. The quantitative estimate of drug-likeness (QED) is 0.677. The van der Waals surface area contributed by atoms with Gasteiger partial charge in [0.15, 0.2) is 0 Å².